The third-order valence-corrected chi connectivity index (χ3v) is 5.39. The Balaban J connectivity index is 1.94. The summed E-state index contributed by atoms with van der Waals surface area (Å²) in [7, 11) is -3.51. The Kier molecular flexibility index (Phi) is 3.59. The lowest BCUT2D eigenvalue weighted by Crippen LogP contribution is -2.29. The number of hydrogen-bond donors (Lipinski definition) is 0. The zero-order valence-electron chi connectivity index (χ0n) is 11.8. The summed E-state index contributed by atoms with van der Waals surface area (Å²) in [5, 5.41) is 0. The van der Waals surface area contributed by atoms with Gasteiger partial charge >= 0.3 is 0 Å². The molecule has 0 atom stereocenters. The van der Waals surface area contributed by atoms with E-state index in [0.717, 1.165) is 17.7 Å². The Morgan fingerprint density at radius 2 is 1.81 bits per heavy atom. The van der Waals surface area contributed by atoms with Crippen LogP contribution in [0.5, 0.6) is 5.75 Å². The molecule has 3 rings (SSSR count). The number of hydrogen-bond acceptors (Lipinski definition) is 3. The van der Waals surface area contributed by atoms with Crippen LogP contribution < -0.4 is 9.04 Å². The van der Waals surface area contributed by atoms with Gasteiger partial charge in [-0.25, -0.2) is 8.42 Å². The molecule has 5 heteroatoms. The van der Waals surface area contributed by atoms with E-state index in [9.17, 15) is 8.42 Å². The molecular formula is C16H17NO3S. The quantitative estimate of drug-likeness (QED) is 0.872. The van der Waals surface area contributed by atoms with Crippen LogP contribution >= 0.6 is 0 Å². The van der Waals surface area contributed by atoms with Crippen molar-refractivity contribution in [3.8, 4) is 5.75 Å². The molecule has 2 aromatic carbocycles. The van der Waals surface area contributed by atoms with Crippen molar-refractivity contribution in [2.75, 3.05) is 17.5 Å². The smallest absolute Gasteiger partial charge is 0.264 e. The summed E-state index contributed by atoms with van der Waals surface area (Å²) in [5.41, 5.74) is 1.86. The molecule has 0 aromatic heterocycles. The van der Waals surface area contributed by atoms with Crippen molar-refractivity contribution in [2.45, 2.75) is 18.2 Å². The van der Waals surface area contributed by atoms with E-state index in [1.54, 1.807) is 24.3 Å². The monoisotopic (exact) mass is 303 g/mol. The number of benzene rings is 2. The van der Waals surface area contributed by atoms with Gasteiger partial charge in [-0.15, -0.1) is 0 Å². The summed E-state index contributed by atoms with van der Waals surface area (Å²) in [5.74, 6) is 0.679. The van der Waals surface area contributed by atoms with Gasteiger partial charge in [0.2, 0.25) is 0 Å². The van der Waals surface area contributed by atoms with E-state index in [2.05, 4.69) is 0 Å². The predicted molar refractivity (Wildman–Crippen MR) is 82.3 cm³/mol. The Labute approximate surface area is 125 Å². The van der Waals surface area contributed by atoms with E-state index in [1.165, 1.54) is 4.31 Å². The topological polar surface area (TPSA) is 46.6 Å². The van der Waals surface area contributed by atoms with Gasteiger partial charge < -0.3 is 4.74 Å². The maximum absolute atomic E-state index is 12.8. The maximum Gasteiger partial charge on any atom is 0.264 e. The fraction of sp³-hybridized carbons (Fsp3) is 0.250. The molecule has 1 heterocycles. The lowest BCUT2D eigenvalue weighted by molar-refractivity contribution is 0.340. The van der Waals surface area contributed by atoms with Gasteiger partial charge in [-0.3, -0.25) is 4.31 Å². The largest absolute Gasteiger partial charge is 0.494 e. The molecule has 0 radical (unpaired) electrons. The summed E-state index contributed by atoms with van der Waals surface area (Å²) >= 11 is 0. The highest BCUT2D eigenvalue weighted by molar-refractivity contribution is 7.92. The number of para-hydroxylation sites is 1. The first-order valence-corrected chi connectivity index (χ1v) is 8.40. The Bertz CT molecular complexity index is 738. The molecule has 0 amide bonds. The molecular weight excluding hydrogens is 286 g/mol. The summed E-state index contributed by atoms with van der Waals surface area (Å²) in [4.78, 5) is 0.294. The standard InChI is InChI=1S/C16H17NO3S/c1-2-20-14-7-9-15(10-8-14)21(18,19)17-12-11-13-5-3-4-6-16(13)17/h3-10H,2,11-12H2,1H3. The highest BCUT2D eigenvalue weighted by atomic mass is 32.2. The SMILES string of the molecule is CCOc1ccc(S(=O)(=O)N2CCc3ccccc32)cc1. The van der Waals surface area contributed by atoms with Crippen LogP contribution in [0.25, 0.3) is 0 Å². The van der Waals surface area contributed by atoms with Crippen LogP contribution in [0, 0.1) is 0 Å². The molecule has 4 nitrogen and oxygen atoms in total. The second-order valence-corrected chi connectivity index (χ2v) is 6.72. The number of anilines is 1. The fourth-order valence-electron chi connectivity index (χ4n) is 2.56. The second-order valence-electron chi connectivity index (χ2n) is 4.86. The maximum atomic E-state index is 12.8. The molecule has 0 unspecified atom stereocenters. The molecule has 0 saturated carbocycles. The zero-order chi connectivity index (χ0) is 14.9. The van der Waals surface area contributed by atoms with Crippen LogP contribution in [-0.2, 0) is 16.4 Å². The molecule has 0 saturated heterocycles. The van der Waals surface area contributed by atoms with E-state index in [1.807, 2.05) is 31.2 Å². The van der Waals surface area contributed by atoms with Crippen LogP contribution in [-0.4, -0.2) is 21.6 Å². The van der Waals surface area contributed by atoms with Gasteiger partial charge in [0.1, 0.15) is 5.75 Å². The van der Waals surface area contributed by atoms with Crippen molar-refractivity contribution in [3.05, 3.63) is 54.1 Å². The minimum Gasteiger partial charge on any atom is -0.494 e. The normalized spacial score (nSPS) is 14.0. The first-order chi connectivity index (χ1) is 10.1. The Morgan fingerprint density at radius 3 is 2.52 bits per heavy atom. The number of nitrogens with zero attached hydrogens (tertiary/aromatic N) is 1. The highest BCUT2D eigenvalue weighted by Crippen LogP contribution is 2.32. The first-order valence-electron chi connectivity index (χ1n) is 6.96. The molecule has 110 valence electrons. The Hall–Kier alpha value is -2.01. The number of ether oxygens (including phenoxy) is 1. The van der Waals surface area contributed by atoms with Gasteiger partial charge in [-0.1, -0.05) is 18.2 Å². The van der Waals surface area contributed by atoms with Gasteiger partial charge in [0.15, 0.2) is 0 Å². The second kappa shape index (κ2) is 5.41. The van der Waals surface area contributed by atoms with E-state index >= 15 is 0 Å². The average Bonchev–Trinajstić information content (AvgIpc) is 2.93. The third kappa shape index (κ3) is 2.49. The van der Waals surface area contributed by atoms with E-state index < -0.39 is 10.0 Å². The molecule has 21 heavy (non-hydrogen) atoms. The summed E-state index contributed by atoms with van der Waals surface area (Å²) in [6.45, 7) is 2.95. The van der Waals surface area contributed by atoms with Gasteiger partial charge in [0.05, 0.1) is 17.2 Å². The fourth-order valence-corrected chi connectivity index (χ4v) is 4.06. The van der Waals surface area contributed by atoms with Gasteiger partial charge in [0, 0.05) is 6.54 Å². The van der Waals surface area contributed by atoms with Crippen molar-refractivity contribution in [1.29, 1.82) is 0 Å². The number of sulfonamides is 1. The summed E-state index contributed by atoms with van der Waals surface area (Å²) in [6, 6.07) is 14.2. The molecule has 0 bridgehead atoms. The number of fused-ring (bicyclic) bond motifs is 1. The molecule has 2 aromatic rings. The van der Waals surface area contributed by atoms with Gasteiger partial charge in [-0.05, 0) is 49.2 Å². The average molecular weight is 303 g/mol. The molecule has 0 spiro atoms. The lowest BCUT2D eigenvalue weighted by Gasteiger charge is -2.19. The van der Waals surface area contributed by atoms with Gasteiger partial charge in [0.25, 0.3) is 10.0 Å². The molecule has 1 aliphatic rings. The van der Waals surface area contributed by atoms with Crippen molar-refractivity contribution >= 4 is 15.7 Å². The highest BCUT2D eigenvalue weighted by Gasteiger charge is 2.30. The van der Waals surface area contributed by atoms with E-state index in [-0.39, 0.29) is 0 Å². The Morgan fingerprint density at radius 1 is 1.10 bits per heavy atom. The lowest BCUT2D eigenvalue weighted by atomic mass is 10.2. The molecule has 0 aliphatic carbocycles. The predicted octanol–water partition coefficient (Wildman–Crippen LogP) is 2.84. The third-order valence-electron chi connectivity index (χ3n) is 3.57. The van der Waals surface area contributed by atoms with Crippen LogP contribution in [0.3, 0.4) is 0 Å². The van der Waals surface area contributed by atoms with Crippen molar-refractivity contribution in [2.24, 2.45) is 0 Å². The minimum absolute atomic E-state index is 0.294. The molecule has 0 fully saturated rings. The van der Waals surface area contributed by atoms with Crippen LogP contribution in [0.2, 0.25) is 0 Å². The number of rotatable bonds is 4. The van der Waals surface area contributed by atoms with Gasteiger partial charge in [-0.2, -0.15) is 0 Å². The van der Waals surface area contributed by atoms with Crippen LogP contribution in [0.15, 0.2) is 53.4 Å². The van der Waals surface area contributed by atoms with E-state index in [0.29, 0.717) is 23.8 Å². The van der Waals surface area contributed by atoms with Crippen molar-refractivity contribution < 1.29 is 13.2 Å². The van der Waals surface area contributed by atoms with E-state index in [4.69, 9.17) is 4.74 Å². The summed E-state index contributed by atoms with van der Waals surface area (Å²) in [6.07, 6.45) is 0.756. The summed E-state index contributed by atoms with van der Waals surface area (Å²) < 4.78 is 32.3. The van der Waals surface area contributed by atoms with Crippen LogP contribution in [0.4, 0.5) is 5.69 Å². The zero-order valence-corrected chi connectivity index (χ0v) is 12.6. The minimum atomic E-state index is -3.51. The molecule has 1 aliphatic heterocycles. The first kappa shape index (κ1) is 13.9. The molecule has 0 N–H and O–H groups in total. The van der Waals surface area contributed by atoms with Crippen molar-refractivity contribution in [3.63, 3.8) is 0 Å². The van der Waals surface area contributed by atoms with Crippen LogP contribution in [0.1, 0.15) is 12.5 Å². The van der Waals surface area contributed by atoms with Crippen molar-refractivity contribution in [1.82, 2.24) is 0 Å².